The van der Waals surface area contributed by atoms with E-state index in [4.69, 9.17) is 4.74 Å². The van der Waals surface area contributed by atoms with E-state index in [1.807, 2.05) is 0 Å². The minimum atomic E-state index is -0.450. The molecule has 1 fully saturated rings. The lowest BCUT2D eigenvalue weighted by Crippen LogP contribution is -2.40. The Morgan fingerprint density at radius 2 is 1.67 bits per heavy atom. The molecule has 0 aromatic rings. The maximum Gasteiger partial charge on any atom is 0.164 e. The summed E-state index contributed by atoms with van der Waals surface area (Å²) in [5.74, 6) is 0.344. The van der Waals surface area contributed by atoms with E-state index in [2.05, 4.69) is 20.8 Å². The minimum absolute atomic E-state index is 0.323. The van der Waals surface area contributed by atoms with Gasteiger partial charge in [-0.2, -0.15) is 0 Å². The van der Waals surface area contributed by atoms with Crippen molar-refractivity contribution in [2.45, 2.75) is 84.2 Å². The molecule has 0 heterocycles. The van der Waals surface area contributed by atoms with Crippen molar-refractivity contribution < 1.29 is 9.53 Å². The predicted molar refractivity (Wildman–Crippen MR) is 75.8 cm³/mol. The fraction of sp³-hybridized carbons (Fsp3) is 0.938. The van der Waals surface area contributed by atoms with Gasteiger partial charge in [-0.15, -0.1) is 0 Å². The van der Waals surface area contributed by atoms with E-state index in [-0.39, 0.29) is 0 Å². The van der Waals surface area contributed by atoms with Gasteiger partial charge in [-0.05, 0) is 31.1 Å². The molecule has 0 radical (unpaired) electrons. The number of ketones is 1. The highest BCUT2D eigenvalue weighted by Crippen LogP contribution is 2.33. The Morgan fingerprint density at radius 1 is 1.11 bits per heavy atom. The molecule has 106 valence electrons. The van der Waals surface area contributed by atoms with Crippen LogP contribution in [0.3, 0.4) is 0 Å². The summed E-state index contributed by atoms with van der Waals surface area (Å²) < 4.78 is 5.65. The molecule has 1 rings (SSSR count). The van der Waals surface area contributed by atoms with Crippen molar-refractivity contribution >= 4 is 5.78 Å². The van der Waals surface area contributed by atoms with Crippen LogP contribution in [0.25, 0.3) is 0 Å². The second-order valence-corrected chi connectivity index (χ2v) is 6.95. The first-order chi connectivity index (χ1) is 8.40. The van der Waals surface area contributed by atoms with Gasteiger partial charge in [0.15, 0.2) is 5.78 Å². The predicted octanol–water partition coefficient (Wildman–Crippen LogP) is 4.51. The lowest BCUT2D eigenvalue weighted by atomic mass is 9.84. The van der Waals surface area contributed by atoms with Crippen LogP contribution >= 0.6 is 0 Å². The third-order valence-electron chi connectivity index (χ3n) is 4.14. The van der Waals surface area contributed by atoms with Crippen molar-refractivity contribution in [1.82, 2.24) is 0 Å². The van der Waals surface area contributed by atoms with Crippen LogP contribution in [0.1, 0.15) is 78.6 Å². The van der Waals surface area contributed by atoms with Gasteiger partial charge in [0.05, 0.1) is 0 Å². The van der Waals surface area contributed by atoms with Crippen LogP contribution in [-0.4, -0.2) is 18.5 Å². The fourth-order valence-electron chi connectivity index (χ4n) is 2.90. The molecule has 0 bridgehead atoms. The Bertz CT molecular complexity index is 255. The van der Waals surface area contributed by atoms with Gasteiger partial charge in [0.2, 0.25) is 0 Å². The number of hydrogen-bond donors (Lipinski definition) is 0. The molecule has 0 atom stereocenters. The van der Waals surface area contributed by atoms with Gasteiger partial charge in [0, 0.05) is 13.5 Å². The normalized spacial score (nSPS) is 20.4. The summed E-state index contributed by atoms with van der Waals surface area (Å²) >= 11 is 0. The molecule has 0 aliphatic heterocycles. The molecule has 1 aliphatic carbocycles. The quantitative estimate of drug-likeness (QED) is 0.675. The van der Waals surface area contributed by atoms with E-state index in [0.29, 0.717) is 17.6 Å². The highest BCUT2D eigenvalue weighted by molar-refractivity contribution is 5.87. The largest absolute Gasteiger partial charge is 0.370 e. The van der Waals surface area contributed by atoms with Crippen LogP contribution in [0, 0.1) is 5.41 Å². The zero-order valence-electron chi connectivity index (χ0n) is 12.7. The van der Waals surface area contributed by atoms with E-state index in [0.717, 1.165) is 38.5 Å². The van der Waals surface area contributed by atoms with E-state index in [9.17, 15) is 4.79 Å². The van der Waals surface area contributed by atoms with Crippen LogP contribution in [0.5, 0.6) is 0 Å². The number of carbonyl (C=O) groups excluding carboxylic acids is 1. The Kier molecular flexibility index (Phi) is 5.84. The Labute approximate surface area is 112 Å². The molecule has 2 heteroatoms. The van der Waals surface area contributed by atoms with Gasteiger partial charge in [-0.25, -0.2) is 0 Å². The summed E-state index contributed by atoms with van der Waals surface area (Å²) in [5, 5.41) is 0. The van der Waals surface area contributed by atoms with Crippen LogP contribution < -0.4 is 0 Å². The average molecular weight is 254 g/mol. The summed E-state index contributed by atoms with van der Waals surface area (Å²) in [6.07, 6.45) is 9.42. The molecule has 2 nitrogen and oxygen atoms in total. The molecule has 0 aromatic heterocycles. The summed E-state index contributed by atoms with van der Waals surface area (Å²) in [6, 6.07) is 0. The van der Waals surface area contributed by atoms with E-state index in [1.54, 1.807) is 7.11 Å². The van der Waals surface area contributed by atoms with Crippen LogP contribution in [0.2, 0.25) is 0 Å². The molecule has 0 unspecified atom stereocenters. The zero-order chi connectivity index (χ0) is 13.6. The number of Topliss-reactive ketones (excluding diaryl/α,β-unsaturated/α-hetero) is 1. The first kappa shape index (κ1) is 15.7. The highest BCUT2D eigenvalue weighted by atomic mass is 16.5. The van der Waals surface area contributed by atoms with E-state index < -0.39 is 5.60 Å². The highest BCUT2D eigenvalue weighted by Gasteiger charge is 2.37. The van der Waals surface area contributed by atoms with Gasteiger partial charge in [0.25, 0.3) is 0 Å². The van der Waals surface area contributed by atoms with Crippen LogP contribution in [0.15, 0.2) is 0 Å². The number of hydrogen-bond acceptors (Lipinski definition) is 2. The van der Waals surface area contributed by atoms with Crippen LogP contribution in [-0.2, 0) is 9.53 Å². The summed E-state index contributed by atoms with van der Waals surface area (Å²) in [7, 11) is 1.72. The van der Waals surface area contributed by atoms with Crippen molar-refractivity contribution in [3.63, 3.8) is 0 Å². The first-order valence-electron chi connectivity index (χ1n) is 7.48. The van der Waals surface area contributed by atoms with E-state index >= 15 is 0 Å². The van der Waals surface area contributed by atoms with Crippen molar-refractivity contribution in [3.05, 3.63) is 0 Å². The molecule has 1 saturated carbocycles. The molecule has 0 aromatic carbocycles. The minimum Gasteiger partial charge on any atom is -0.370 e. The Balaban J connectivity index is 2.50. The zero-order valence-corrected chi connectivity index (χ0v) is 12.7. The number of rotatable bonds is 5. The van der Waals surface area contributed by atoms with Crippen molar-refractivity contribution in [1.29, 1.82) is 0 Å². The maximum atomic E-state index is 12.5. The summed E-state index contributed by atoms with van der Waals surface area (Å²) in [6.45, 7) is 6.69. The van der Waals surface area contributed by atoms with Crippen molar-refractivity contribution in [3.8, 4) is 0 Å². The Morgan fingerprint density at radius 3 is 2.11 bits per heavy atom. The fourth-order valence-corrected chi connectivity index (χ4v) is 2.90. The topological polar surface area (TPSA) is 26.3 Å². The standard InChI is InChI=1S/C16H30O2/c1-15(2,3)11-9-10-14(17)16(18-4)12-7-5-6-8-13-16/h5-13H2,1-4H3. The SMILES string of the molecule is COC1(C(=O)CCCC(C)(C)C)CCCCCC1. The molecule has 1 aliphatic rings. The summed E-state index contributed by atoms with van der Waals surface area (Å²) in [5.41, 5.74) is -0.127. The van der Waals surface area contributed by atoms with Gasteiger partial charge >= 0.3 is 0 Å². The first-order valence-corrected chi connectivity index (χ1v) is 7.48. The molecular weight excluding hydrogens is 224 g/mol. The number of carbonyl (C=O) groups is 1. The molecule has 0 N–H and O–H groups in total. The maximum absolute atomic E-state index is 12.5. The molecule has 0 amide bonds. The lowest BCUT2D eigenvalue weighted by molar-refractivity contribution is -0.143. The molecule has 0 saturated heterocycles. The Hall–Kier alpha value is -0.370. The van der Waals surface area contributed by atoms with Gasteiger partial charge in [0.1, 0.15) is 5.60 Å². The number of ether oxygens (including phenoxy) is 1. The third-order valence-corrected chi connectivity index (χ3v) is 4.14. The molecular formula is C16H30O2. The summed E-state index contributed by atoms with van der Waals surface area (Å²) in [4.78, 5) is 12.5. The monoisotopic (exact) mass is 254 g/mol. The van der Waals surface area contributed by atoms with Gasteiger partial charge in [-0.3, -0.25) is 4.79 Å². The van der Waals surface area contributed by atoms with Crippen LogP contribution in [0.4, 0.5) is 0 Å². The molecule has 0 spiro atoms. The average Bonchev–Trinajstić information content (AvgIpc) is 2.53. The lowest BCUT2D eigenvalue weighted by Gasteiger charge is -2.30. The smallest absolute Gasteiger partial charge is 0.164 e. The van der Waals surface area contributed by atoms with E-state index in [1.165, 1.54) is 12.8 Å². The number of methoxy groups -OCH3 is 1. The van der Waals surface area contributed by atoms with Crippen molar-refractivity contribution in [2.75, 3.05) is 7.11 Å². The van der Waals surface area contributed by atoms with Crippen molar-refractivity contribution in [2.24, 2.45) is 5.41 Å². The second kappa shape index (κ2) is 6.70. The second-order valence-electron chi connectivity index (χ2n) is 6.95. The van der Waals surface area contributed by atoms with Gasteiger partial charge < -0.3 is 4.74 Å². The van der Waals surface area contributed by atoms with Gasteiger partial charge in [-0.1, -0.05) is 46.5 Å². The molecule has 18 heavy (non-hydrogen) atoms. The third kappa shape index (κ3) is 4.72.